The van der Waals surface area contributed by atoms with Gasteiger partial charge in [0, 0.05) is 41.5 Å². The zero-order valence-electron chi connectivity index (χ0n) is 22.8. The molecule has 0 aliphatic rings. The molecule has 0 bridgehead atoms. The highest BCUT2D eigenvalue weighted by molar-refractivity contribution is 6.08. The molecule has 8 nitrogen and oxygen atoms in total. The maximum atomic E-state index is 13.0. The summed E-state index contributed by atoms with van der Waals surface area (Å²) in [5.74, 6) is 0.589. The van der Waals surface area contributed by atoms with Gasteiger partial charge in [0.2, 0.25) is 0 Å². The largest absolute Gasteiger partial charge is 0.493 e. The Balaban J connectivity index is 1.30. The summed E-state index contributed by atoms with van der Waals surface area (Å²) in [6, 6.07) is 20.1. The number of carbonyl (C=O) groups excluding carboxylic acids is 1. The second-order valence-corrected chi connectivity index (χ2v) is 10.9. The molecule has 5 aromatic rings. The molecule has 0 radical (unpaired) electrons. The lowest BCUT2D eigenvalue weighted by Gasteiger charge is -2.28. The van der Waals surface area contributed by atoms with E-state index >= 15 is 0 Å². The van der Waals surface area contributed by atoms with Crippen molar-refractivity contribution >= 4 is 22.6 Å². The van der Waals surface area contributed by atoms with Crippen LogP contribution in [0.5, 0.6) is 5.75 Å². The first-order valence-corrected chi connectivity index (χ1v) is 13.0. The molecule has 0 fully saturated rings. The first-order valence-electron chi connectivity index (χ1n) is 13.0. The SMILES string of the molecule is CN(C)CC(C)(C)COc1cccc(-c2cnc3[nH]cc(NC(=O)c4cnn(Cc5ccccc5)c4)c3c2)c1. The summed E-state index contributed by atoms with van der Waals surface area (Å²) in [7, 11) is 4.14. The van der Waals surface area contributed by atoms with Crippen molar-refractivity contribution in [1.82, 2.24) is 24.6 Å². The molecule has 0 aliphatic heterocycles. The highest BCUT2D eigenvalue weighted by Gasteiger charge is 2.20. The Morgan fingerprint density at radius 3 is 2.67 bits per heavy atom. The average Bonchev–Trinajstić information content (AvgIpc) is 3.54. The Hall–Kier alpha value is -4.43. The maximum Gasteiger partial charge on any atom is 0.258 e. The lowest BCUT2D eigenvalue weighted by molar-refractivity contribution is 0.102. The molecule has 3 aromatic heterocycles. The predicted molar refractivity (Wildman–Crippen MR) is 155 cm³/mol. The van der Waals surface area contributed by atoms with E-state index in [-0.39, 0.29) is 11.3 Å². The molecule has 2 N–H and O–H groups in total. The van der Waals surface area contributed by atoms with E-state index in [1.54, 1.807) is 23.3 Å². The third kappa shape index (κ3) is 6.53. The Kier molecular flexibility index (Phi) is 7.47. The van der Waals surface area contributed by atoms with Crippen LogP contribution in [0.2, 0.25) is 0 Å². The number of hydrogen-bond acceptors (Lipinski definition) is 5. The summed E-state index contributed by atoms with van der Waals surface area (Å²) in [6.07, 6.45) is 6.93. The molecule has 0 atom stereocenters. The smallest absolute Gasteiger partial charge is 0.258 e. The number of nitrogens with one attached hydrogen (secondary N) is 2. The fraction of sp³-hybridized carbons (Fsp3) is 0.258. The lowest BCUT2D eigenvalue weighted by Crippen LogP contribution is -2.33. The van der Waals surface area contributed by atoms with Crippen molar-refractivity contribution in [1.29, 1.82) is 0 Å². The Labute approximate surface area is 228 Å². The molecule has 0 unspecified atom stereocenters. The summed E-state index contributed by atoms with van der Waals surface area (Å²) in [5.41, 5.74) is 4.93. The number of anilines is 1. The second-order valence-electron chi connectivity index (χ2n) is 10.9. The van der Waals surface area contributed by atoms with Gasteiger partial charge in [0.05, 0.1) is 30.6 Å². The molecular weight excluding hydrogens is 488 g/mol. The fourth-order valence-electron chi connectivity index (χ4n) is 4.74. The number of amides is 1. The van der Waals surface area contributed by atoms with Gasteiger partial charge in [0.1, 0.15) is 11.4 Å². The van der Waals surface area contributed by atoms with E-state index in [9.17, 15) is 4.79 Å². The number of H-pyrrole nitrogens is 1. The maximum absolute atomic E-state index is 13.0. The monoisotopic (exact) mass is 522 g/mol. The van der Waals surface area contributed by atoms with E-state index in [0.717, 1.165) is 34.4 Å². The lowest BCUT2D eigenvalue weighted by atomic mass is 9.94. The van der Waals surface area contributed by atoms with Gasteiger partial charge < -0.3 is 19.9 Å². The van der Waals surface area contributed by atoms with Crippen LogP contribution in [0.25, 0.3) is 22.2 Å². The number of carbonyl (C=O) groups is 1. The second kappa shape index (κ2) is 11.1. The van der Waals surface area contributed by atoms with Crippen molar-refractivity contribution in [2.24, 2.45) is 5.41 Å². The summed E-state index contributed by atoms with van der Waals surface area (Å²) < 4.78 is 7.91. The number of nitrogens with zero attached hydrogens (tertiary/aromatic N) is 4. The van der Waals surface area contributed by atoms with Crippen LogP contribution in [-0.4, -0.2) is 57.8 Å². The Morgan fingerprint density at radius 1 is 1.05 bits per heavy atom. The summed E-state index contributed by atoms with van der Waals surface area (Å²) >= 11 is 0. The van der Waals surface area contributed by atoms with Crippen molar-refractivity contribution in [3.05, 3.63) is 96.6 Å². The molecule has 3 heterocycles. The molecule has 0 spiro atoms. The minimum absolute atomic E-state index is 0.0241. The van der Waals surface area contributed by atoms with E-state index in [2.05, 4.69) is 53.2 Å². The van der Waals surface area contributed by atoms with Gasteiger partial charge in [-0.3, -0.25) is 9.48 Å². The Bertz CT molecular complexity index is 1570. The highest BCUT2D eigenvalue weighted by atomic mass is 16.5. The number of aromatic amines is 1. The van der Waals surface area contributed by atoms with Gasteiger partial charge in [-0.1, -0.05) is 56.3 Å². The van der Waals surface area contributed by atoms with Crippen LogP contribution in [-0.2, 0) is 6.54 Å². The average molecular weight is 523 g/mol. The van der Waals surface area contributed by atoms with Crippen LogP contribution in [0.4, 0.5) is 5.69 Å². The molecule has 5 rings (SSSR count). The number of pyridine rings is 1. The van der Waals surface area contributed by atoms with E-state index in [1.165, 1.54) is 0 Å². The van der Waals surface area contributed by atoms with Crippen LogP contribution in [0.15, 0.2) is 85.5 Å². The predicted octanol–water partition coefficient (Wildman–Crippen LogP) is 5.69. The number of rotatable bonds is 10. The van der Waals surface area contributed by atoms with Crippen LogP contribution >= 0.6 is 0 Å². The number of hydrogen-bond donors (Lipinski definition) is 2. The molecule has 8 heteroatoms. The van der Waals surface area contributed by atoms with E-state index in [1.807, 2.05) is 66.9 Å². The van der Waals surface area contributed by atoms with Crippen LogP contribution < -0.4 is 10.1 Å². The van der Waals surface area contributed by atoms with Gasteiger partial charge in [-0.25, -0.2) is 4.98 Å². The number of benzene rings is 2. The van der Waals surface area contributed by atoms with Crippen LogP contribution in [0, 0.1) is 5.41 Å². The molecule has 39 heavy (non-hydrogen) atoms. The molecule has 1 amide bonds. The van der Waals surface area contributed by atoms with E-state index in [4.69, 9.17) is 4.74 Å². The number of fused-ring (bicyclic) bond motifs is 1. The summed E-state index contributed by atoms with van der Waals surface area (Å²) in [6.45, 7) is 6.55. The highest BCUT2D eigenvalue weighted by Crippen LogP contribution is 2.30. The molecule has 0 saturated heterocycles. The standard InChI is InChI=1S/C31H34N6O2/c1-31(2,20-36(3)4)21-39-26-12-8-11-23(13-26)24-14-27-28(17-33-29(27)32-15-24)35-30(38)25-16-34-37(19-25)18-22-9-6-5-7-10-22/h5-17,19H,18,20-21H2,1-4H3,(H,32,33)(H,35,38). The molecule has 2 aromatic carbocycles. The number of ether oxygens (including phenoxy) is 1. The first kappa shape index (κ1) is 26.2. The van der Waals surface area contributed by atoms with Crippen LogP contribution in [0.1, 0.15) is 29.8 Å². The minimum Gasteiger partial charge on any atom is -0.493 e. The molecule has 0 aliphatic carbocycles. The van der Waals surface area contributed by atoms with Gasteiger partial charge in [-0.2, -0.15) is 5.10 Å². The van der Waals surface area contributed by atoms with Crippen molar-refractivity contribution in [2.45, 2.75) is 20.4 Å². The molecule has 0 saturated carbocycles. The van der Waals surface area contributed by atoms with E-state index < -0.39 is 0 Å². The fourth-order valence-corrected chi connectivity index (χ4v) is 4.74. The normalized spacial score (nSPS) is 11.7. The van der Waals surface area contributed by atoms with Crippen LogP contribution in [0.3, 0.4) is 0 Å². The van der Waals surface area contributed by atoms with Gasteiger partial charge >= 0.3 is 0 Å². The minimum atomic E-state index is -0.226. The Morgan fingerprint density at radius 2 is 1.87 bits per heavy atom. The van der Waals surface area contributed by atoms with Crippen molar-refractivity contribution in [2.75, 3.05) is 32.6 Å². The molecular formula is C31H34N6O2. The molecule has 200 valence electrons. The summed E-state index contributed by atoms with van der Waals surface area (Å²) in [5, 5.41) is 8.19. The number of aromatic nitrogens is 4. The zero-order chi connectivity index (χ0) is 27.4. The van der Waals surface area contributed by atoms with Gasteiger partial charge in [0.25, 0.3) is 5.91 Å². The van der Waals surface area contributed by atoms with Gasteiger partial charge in [0.15, 0.2) is 0 Å². The zero-order valence-corrected chi connectivity index (χ0v) is 22.8. The summed E-state index contributed by atoms with van der Waals surface area (Å²) in [4.78, 5) is 22.9. The third-order valence-corrected chi connectivity index (χ3v) is 6.40. The first-order chi connectivity index (χ1) is 18.8. The third-order valence-electron chi connectivity index (χ3n) is 6.40. The quantitative estimate of drug-likeness (QED) is 0.246. The topological polar surface area (TPSA) is 88.1 Å². The van der Waals surface area contributed by atoms with E-state index in [0.29, 0.717) is 30.0 Å². The van der Waals surface area contributed by atoms with Crippen molar-refractivity contribution in [3.63, 3.8) is 0 Å². The van der Waals surface area contributed by atoms with Gasteiger partial charge in [-0.15, -0.1) is 0 Å². The van der Waals surface area contributed by atoms with Crippen molar-refractivity contribution in [3.8, 4) is 16.9 Å². The van der Waals surface area contributed by atoms with Gasteiger partial charge in [-0.05, 0) is 43.4 Å². The van der Waals surface area contributed by atoms with Crippen molar-refractivity contribution < 1.29 is 9.53 Å².